The van der Waals surface area contributed by atoms with Crippen LogP contribution in [0, 0.1) is 0 Å². The van der Waals surface area contributed by atoms with Crippen molar-refractivity contribution in [3.63, 3.8) is 0 Å². The van der Waals surface area contributed by atoms with Gasteiger partial charge < -0.3 is 5.73 Å². The fraction of sp³-hybridized carbons (Fsp3) is 0.400. The average Bonchev–Trinajstić information content (AvgIpc) is 2.08. The lowest BCUT2D eigenvalue weighted by Gasteiger charge is -2.19. The fourth-order valence-corrected chi connectivity index (χ4v) is 1.74. The number of nitrogens with zero attached hydrogens (tertiary/aromatic N) is 1. The first kappa shape index (κ1) is 13.3. The van der Waals surface area contributed by atoms with E-state index in [2.05, 4.69) is 15.9 Å². The first-order valence-corrected chi connectivity index (χ1v) is 5.36. The van der Waals surface area contributed by atoms with Crippen LogP contribution in [0.5, 0.6) is 0 Å². The van der Waals surface area contributed by atoms with Gasteiger partial charge in [0.25, 0.3) is 0 Å². The maximum absolute atomic E-state index is 12.1. The number of rotatable bonds is 3. The summed E-state index contributed by atoms with van der Waals surface area (Å²) in [6, 6.07) is 5.08. The lowest BCUT2D eigenvalue weighted by molar-refractivity contribution is -0.144. The second kappa shape index (κ2) is 5.05. The minimum absolute atomic E-state index is 0.200. The summed E-state index contributed by atoms with van der Waals surface area (Å²) in [5.74, 6) is 0. The third-order valence-corrected chi connectivity index (χ3v) is 2.73. The zero-order valence-corrected chi connectivity index (χ0v) is 10.3. The van der Waals surface area contributed by atoms with Crippen LogP contribution in [0.2, 0.25) is 0 Å². The van der Waals surface area contributed by atoms with E-state index in [4.69, 9.17) is 5.73 Å². The minimum atomic E-state index is -4.18. The summed E-state index contributed by atoms with van der Waals surface area (Å²) < 4.78 is 37.1. The zero-order chi connectivity index (χ0) is 12.3. The van der Waals surface area contributed by atoms with Crippen LogP contribution in [0.25, 0.3) is 0 Å². The molecule has 0 aromatic heterocycles. The molecule has 0 amide bonds. The van der Waals surface area contributed by atoms with Gasteiger partial charge in [-0.05, 0) is 30.8 Å². The fourth-order valence-electron chi connectivity index (χ4n) is 1.37. The summed E-state index contributed by atoms with van der Waals surface area (Å²) in [5, 5.41) is 0. The predicted octanol–water partition coefficient (Wildman–Crippen LogP) is 3.03. The molecule has 90 valence electrons. The van der Waals surface area contributed by atoms with Gasteiger partial charge in [0.2, 0.25) is 0 Å². The third kappa shape index (κ3) is 4.40. The van der Waals surface area contributed by atoms with Crippen molar-refractivity contribution in [1.29, 1.82) is 0 Å². The summed E-state index contributed by atoms with van der Waals surface area (Å²) in [6.45, 7) is -0.737. The van der Waals surface area contributed by atoms with Crippen molar-refractivity contribution < 1.29 is 13.2 Å². The molecule has 0 saturated heterocycles. The molecule has 0 atom stereocenters. The Kier molecular flexibility index (Phi) is 4.21. The van der Waals surface area contributed by atoms with Crippen molar-refractivity contribution in [3.8, 4) is 0 Å². The molecule has 0 spiro atoms. The van der Waals surface area contributed by atoms with Gasteiger partial charge in [-0.3, -0.25) is 4.90 Å². The van der Waals surface area contributed by atoms with Gasteiger partial charge in [0, 0.05) is 16.7 Å². The summed E-state index contributed by atoms with van der Waals surface area (Å²) >= 11 is 3.28. The molecular weight excluding hydrogens is 285 g/mol. The molecule has 0 radical (unpaired) electrons. The molecule has 2 N–H and O–H groups in total. The molecule has 1 aromatic rings. The molecule has 1 rings (SSSR count). The molecule has 6 heteroatoms. The van der Waals surface area contributed by atoms with E-state index < -0.39 is 12.7 Å². The number of hydrogen-bond acceptors (Lipinski definition) is 2. The van der Waals surface area contributed by atoms with E-state index in [-0.39, 0.29) is 6.54 Å². The molecule has 0 unspecified atom stereocenters. The highest BCUT2D eigenvalue weighted by atomic mass is 79.9. The summed E-state index contributed by atoms with van der Waals surface area (Å²) in [5.41, 5.74) is 6.85. The van der Waals surface area contributed by atoms with Crippen LogP contribution in [0.4, 0.5) is 18.9 Å². The van der Waals surface area contributed by atoms with E-state index in [1.165, 1.54) is 11.9 Å². The Hall–Kier alpha value is -0.750. The number of nitrogen functional groups attached to an aromatic ring is 1. The highest BCUT2D eigenvalue weighted by Gasteiger charge is 2.29. The molecule has 0 aliphatic heterocycles. The van der Waals surface area contributed by atoms with Crippen LogP contribution in [-0.4, -0.2) is 24.7 Å². The van der Waals surface area contributed by atoms with E-state index in [0.717, 1.165) is 10.0 Å². The minimum Gasteiger partial charge on any atom is -0.399 e. The highest BCUT2D eigenvalue weighted by molar-refractivity contribution is 9.10. The molecule has 0 heterocycles. The quantitative estimate of drug-likeness (QED) is 0.869. The predicted molar refractivity (Wildman–Crippen MR) is 60.9 cm³/mol. The van der Waals surface area contributed by atoms with Crippen LogP contribution in [0.3, 0.4) is 0 Å². The van der Waals surface area contributed by atoms with Gasteiger partial charge in [0.1, 0.15) is 0 Å². The highest BCUT2D eigenvalue weighted by Crippen LogP contribution is 2.22. The van der Waals surface area contributed by atoms with E-state index in [1.807, 2.05) is 0 Å². The van der Waals surface area contributed by atoms with Crippen LogP contribution in [0.15, 0.2) is 22.7 Å². The molecule has 2 nitrogen and oxygen atoms in total. The Morgan fingerprint density at radius 1 is 1.38 bits per heavy atom. The first-order valence-electron chi connectivity index (χ1n) is 4.57. The van der Waals surface area contributed by atoms with Gasteiger partial charge in [-0.25, -0.2) is 0 Å². The molecule has 0 bridgehead atoms. The Morgan fingerprint density at radius 3 is 2.56 bits per heavy atom. The van der Waals surface area contributed by atoms with Gasteiger partial charge in [-0.2, -0.15) is 13.2 Å². The number of benzene rings is 1. The average molecular weight is 297 g/mol. The van der Waals surface area contributed by atoms with Gasteiger partial charge in [0.05, 0.1) is 6.54 Å². The number of halogens is 4. The largest absolute Gasteiger partial charge is 0.401 e. The van der Waals surface area contributed by atoms with Gasteiger partial charge >= 0.3 is 6.18 Å². The van der Waals surface area contributed by atoms with Gasteiger partial charge in [-0.1, -0.05) is 15.9 Å². The van der Waals surface area contributed by atoms with Crippen molar-refractivity contribution in [3.05, 3.63) is 28.2 Å². The van der Waals surface area contributed by atoms with Crippen molar-refractivity contribution in [2.45, 2.75) is 12.7 Å². The van der Waals surface area contributed by atoms with E-state index >= 15 is 0 Å². The van der Waals surface area contributed by atoms with Crippen molar-refractivity contribution in [1.82, 2.24) is 4.90 Å². The monoisotopic (exact) mass is 296 g/mol. The molecular formula is C10H12BrF3N2. The molecule has 0 fully saturated rings. The summed E-state index contributed by atoms with van der Waals surface area (Å²) in [6.07, 6.45) is -4.18. The molecule has 16 heavy (non-hydrogen) atoms. The van der Waals surface area contributed by atoms with Crippen molar-refractivity contribution in [2.24, 2.45) is 0 Å². The number of anilines is 1. The van der Waals surface area contributed by atoms with Crippen molar-refractivity contribution >= 4 is 21.6 Å². The van der Waals surface area contributed by atoms with Crippen LogP contribution in [-0.2, 0) is 6.54 Å². The van der Waals surface area contributed by atoms with E-state index in [1.54, 1.807) is 18.2 Å². The normalized spacial score (nSPS) is 12.1. The van der Waals surface area contributed by atoms with Crippen molar-refractivity contribution in [2.75, 3.05) is 19.3 Å². The second-order valence-electron chi connectivity index (χ2n) is 3.64. The maximum atomic E-state index is 12.1. The summed E-state index contributed by atoms with van der Waals surface area (Å²) in [4.78, 5) is 1.19. The number of alkyl halides is 3. The van der Waals surface area contributed by atoms with Crippen LogP contribution < -0.4 is 5.73 Å². The Balaban J connectivity index is 2.69. The number of nitrogens with two attached hydrogens (primary N) is 1. The molecule has 0 saturated carbocycles. The van der Waals surface area contributed by atoms with Gasteiger partial charge in [-0.15, -0.1) is 0 Å². The Labute approximate surface area is 100 Å². The number of hydrogen-bond donors (Lipinski definition) is 1. The Morgan fingerprint density at radius 2 is 2.00 bits per heavy atom. The zero-order valence-electron chi connectivity index (χ0n) is 8.68. The van der Waals surface area contributed by atoms with E-state index in [9.17, 15) is 13.2 Å². The lowest BCUT2D eigenvalue weighted by atomic mass is 10.2. The summed E-state index contributed by atoms with van der Waals surface area (Å²) in [7, 11) is 1.42. The molecule has 0 aliphatic rings. The first-order chi connectivity index (χ1) is 7.28. The van der Waals surface area contributed by atoms with Gasteiger partial charge in [0.15, 0.2) is 0 Å². The second-order valence-corrected chi connectivity index (χ2v) is 4.49. The van der Waals surface area contributed by atoms with Crippen LogP contribution in [0.1, 0.15) is 5.56 Å². The Bertz CT molecular complexity index is 366. The molecule has 1 aromatic carbocycles. The smallest absolute Gasteiger partial charge is 0.399 e. The third-order valence-electron chi connectivity index (χ3n) is 1.96. The maximum Gasteiger partial charge on any atom is 0.401 e. The lowest BCUT2D eigenvalue weighted by Crippen LogP contribution is -2.30. The standard InChI is InChI=1S/C10H12BrF3N2/c1-16(6-10(12,13)14)5-7-4-8(15)2-3-9(7)11/h2-4H,5-6,15H2,1H3. The molecule has 0 aliphatic carbocycles. The van der Waals surface area contributed by atoms with E-state index in [0.29, 0.717) is 5.69 Å². The van der Waals surface area contributed by atoms with Crippen LogP contribution >= 0.6 is 15.9 Å². The topological polar surface area (TPSA) is 29.3 Å². The SMILES string of the molecule is CN(Cc1cc(N)ccc1Br)CC(F)(F)F.